The fraction of sp³-hybridized carbons (Fsp3) is 0.350. The highest BCUT2D eigenvalue weighted by Crippen LogP contribution is 2.29. The second kappa shape index (κ2) is 9.86. The molecule has 1 N–H and O–H groups in total. The van der Waals surface area contributed by atoms with Crippen molar-refractivity contribution in [3.8, 4) is 5.75 Å². The highest BCUT2D eigenvalue weighted by Gasteiger charge is 2.28. The number of rotatable bonds is 8. The van der Waals surface area contributed by atoms with Crippen LogP contribution >= 0.6 is 0 Å². The molecule has 1 saturated heterocycles. The van der Waals surface area contributed by atoms with Gasteiger partial charge in [-0.2, -0.15) is 9.41 Å². The molecule has 0 unspecified atom stereocenters. The maximum absolute atomic E-state index is 12.8. The summed E-state index contributed by atoms with van der Waals surface area (Å²) in [6.45, 7) is 4.80. The van der Waals surface area contributed by atoms with E-state index in [9.17, 15) is 18.5 Å². The summed E-state index contributed by atoms with van der Waals surface area (Å²) in [6, 6.07) is 11.0. The molecular formula is C20H24N4O6S. The van der Waals surface area contributed by atoms with Crippen molar-refractivity contribution >= 4 is 27.6 Å². The van der Waals surface area contributed by atoms with Gasteiger partial charge in [0.1, 0.15) is 11.4 Å². The third-order valence-electron chi connectivity index (χ3n) is 4.44. The van der Waals surface area contributed by atoms with E-state index in [0.29, 0.717) is 11.3 Å². The van der Waals surface area contributed by atoms with Gasteiger partial charge < -0.3 is 9.47 Å². The van der Waals surface area contributed by atoms with Gasteiger partial charge in [0.05, 0.1) is 35.4 Å². The largest absolute Gasteiger partial charge is 0.490 e. The molecule has 2 aromatic rings. The van der Waals surface area contributed by atoms with Crippen LogP contribution in [0.1, 0.15) is 19.4 Å². The zero-order valence-electron chi connectivity index (χ0n) is 17.2. The van der Waals surface area contributed by atoms with Crippen LogP contribution in [0.25, 0.3) is 0 Å². The highest BCUT2D eigenvalue weighted by molar-refractivity contribution is 7.89. The van der Waals surface area contributed by atoms with E-state index < -0.39 is 20.6 Å². The predicted molar refractivity (Wildman–Crippen MR) is 116 cm³/mol. The molecule has 166 valence electrons. The minimum atomic E-state index is -3.85. The van der Waals surface area contributed by atoms with E-state index in [4.69, 9.17) is 9.47 Å². The summed E-state index contributed by atoms with van der Waals surface area (Å²) in [6.07, 6.45) is 1.46. The highest BCUT2D eigenvalue weighted by atomic mass is 32.2. The summed E-state index contributed by atoms with van der Waals surface area (Å²) in [5, 5.41) is 15.6. The van der Waals surface area contributed by atoms with Crippen molar-refractivity contribution in [3.05, 3.63) is 58.1 Å². The quantitative estimate of drug-likeness (QED) is 0.374. The Morgan fingerprint density at radius 1 is 1.23 bits per heavy atom. The molecule has 3 rings (SSSR count). The van der Waals surface area contributed by atoms with Gasteiger partial charge in [-0.1, -0.05) is 12.1 Å². The lowest BCUT2D eigenvalue weighted by Gasteiger charge is -2.26. The van der Waals surface area contributed by atoms with Crippen molar-refractivity contribution in [2.24, 2.45) is 5.10 Å². The summed E-state index contributed by atoms with van der Waals surface area (Å²) in [4.78, 5) is 10.8. The molecule has 1 fully saturated rings. The number of nitrogens with one attached hydrogen (secondary N) is 1. The second-order valence-corrected chi connectivity index (χ2v) is 8.96. The fourth-order valence-electron chi connectivity index (χ4n) is 2.97. The number of anilines is 1. The van der Waals surface area contributed by atoms with Crippen LogP contribution in [0, 0.1) is 10.1 Å². The number of sulfonamides is 1. The number of hydrazone groups is 1. The van der Waals surface area contributed by atoms with Crippen molar-refractivity contribution in [3.63, 3.8) is 0 Å². The first-order valence-corrected chi connectivity index (χ1v) is 11.1. The number of nitro benzene ring substituents is 1. The van der Waals surface area contributed by atoms with Crippen LogP contribution in [-0.2, 0) is 14.8 Å². The number of ether oxygens (including phenoxy) is 2. The van der Waals surface area contributed by atoms with Gasteiger partial charge in [0.15, 0.2) is 0 Å². The Morgan fingerprint density at radius 3 is 2.61 bits per heavy atom. The summed E-state index contributed by atoms with van der Waals surface area (Å²) < 4.78 is 37.7. The van der Waals surface area contributed by atoms with E-state index in [1.165, 1.54) is 22.7 Å². The summed E-state index contributed by atoms with van der Waals surface area (Å²) in [5.74, 6) is 0.629. The molecule has 1 aliphatic rings. The molecule has 1 heterocycles. The molecule has 0 atom stereocenters. The van der Waals surface area contributed by atoms with Gasteiger partial charge in [-0.3, -0.25) is 15.5 Å². The first-order valence-electron chi connectivity index (χ1n) is 9.70. The van der Waals surface area contributed by atoms with Gasteiger partial charge in [0.2, 0.25) is 10.0 Å². The number of nitrogens with zero attached hydrogens (tertiary/aromatic N) is 3. The van der Waals surface area contributed by atoms with E-state index in [0.717, 1.165) is 6.07 Å². The van der Waals surface area contributed by atoms with Crippen molar-refractivity contribution in [2.75, 3.05) is 31.7 Å². The van der Waals surface area contributed by atoms with Gasteiger partial charge in [-0.05, 0) is 38.1 Å². The average molecular weight is 449 g/mol. The molecule has 0 aliphatic carbocycles. The smallest absolute Gasteiger partial charge is 0.295 e. The second-order valence-electron chi connectivity index (χ2n) is 7.03. The summed E-state index contributed by atoms with van der Waals surface area (Å²) in [7, 11) is -3.85. The maximum Gasteiger partial charge on any atom is 0.295 e. The summed E-state index contributed by atoms with van der Waals surface area (Å²) in [5.41, 5.74) is 3.00. The van der Waals surface area contributed by atoms with Crippen LogP contribution in [0.15, 0.2) is 52.5 Å². The molecule has 0 aromatic heterocycles. The molecule has 10 nitrogen and oxygen atoms in total. The van der Waals surface area contributed by atoms with Crippen molar-refractivity contribution in [1.82, 2.24) is 4.31 Å². The maximum atomic E-state index is 12.8. The Labute approximate surface area is 180 Å². The molecule has 0 radical (unpaired) electrons. The van der Waals surface area contributed by atoms with Gasteiger partial charge in [-0.25, -0.2) is 8.42 Å². The van der Waals surface area contributed by atoms with E-state index in [2.05, 4.69) is 10.5 Å². The Hall–Kier alpha value is -3.02. The monoisotopic (exact) mass is 448 g/mol. The fourth-order valence-corrected chi connectivity index (χ4v) is 4.40. The van der Waals surface area contributed by atoms with Crippen LogP contribution in [0.2, 0.25) is 0 Å². The van der Waals surface area contributed by atoms with Crippen LogP contribution in [-0.4, -0.2) is 56.3 Å². The molecule has 2 aromatic carbocycles. The van der Waals surface area contributed by atoms with Gasteiger partial charge in [0, 0.05) is 24.7 Å². The first-order chi connectivity index (χ1) is 14.8. The first kappa shape index (κ1) is 22.7. The minimum absolute atomic E-state index is 0.0236. The zero-order valence-corrected chi connectivity index (χ0v) is 18.0. The number of nitro groups is 1. The van der Waals surface area contributed by atoms with Crippen molar-refractivity contribution in [1.29, 1.82) is 0 Å². The van der Waals surface area contributed by atoms with E-state index in [1.54, 1.807) is 12.1 Å². The molecule has 0 bridgehead atoms. The third-order valence-corrected chi connectivity index (χ3v) is 6.34. The van der Waals surface area contributed by atoms with Crippen LogP contribution in [0.3, 0.4) is 0 Å². The number of para-hydroxylation sites is 1. The SMILES string of the molecule is CC(C)Oc1ccccc1C=NNc1ccc(S(=O)(=O)N2CCOCC2)cc1[N+](=O)[O-]. The zero-order chi connectivity index (χ0) is 22.4. The minimum Gasteiger partial charge on any atom is -0.490 e. The van der Waals surface area contributed by atoms with E-state index >= 15 is 0 Å². The van der Waals surface area contributed by atoms with Gasteiger partial charge in [-0.15, -0.1) is 0 Å². The standard InChI is InChI=1S/C20H24N4O6S/c1-15(2)30-20-6-4-3-5-16(20)14-21-22-18-8-7-17(13-19(18)24(25)26)31(27,28)23-9-11-29-12-10-23/h3-8,13-15,22H,9-12H2,1-2H3. The number of hydrogen-bond donors (Lipinski definition) is 1. The molecule has 31 heavy (non-hydrogen) atoms. The van der Waals surface area contributed by atoms with Crippen LogP contribution in [0.4, 0.5) is 11.4 Å². The molecule has 0 amide bonds. The summed E-state index contributed by atoms with van der Waals surface area (Å²) >= 11 is 0. The lowest BCUT2D eigenvalue weighted by molar-refractivity contribution is -0.384. The number of morpholine rings is 1. The lowest BCUT2D eigenvalue weighted by Crippen LogP contribution is -2.40. The average Bonchev–Trinajstić information content (AvgIpc) is 2.75. The van der Waals surface area contributed by atoms with Crippen molar-refractivity contribution < 1.29 is 22.8 Å². The Bertz CT molecular complexity index is 1070. The van der Waals surface area contributed by atoms with Gasteiger partial charge in [0.25, 0.3) is 5.69 Å². The predicted octanol–water partition coefficient (Wildman–Crippen LogP) is 2.85. The molecular weight excluding hydrogens is 424 g/mol. The third kappa shape index (κ3) is 5.57. The van der Waals surface area contributed by atoms with Crippen LogP contribution < -0.4 is 10.2 Å². The lowest BCUT2D eigenvalue weighted by atomic mass is 10.2. The Morgan fingerprint density at radius 2 is 1.94 bits per heavy atom. The Balaban J connectivity index is 1.83. The van der Waals surface area contributed by atoms with Gasteiger partial charge >= 0.3 is 0 Å². The molecule has 11 heteroatoms. The topological polar surface area (TPSA) is 123 Å². The molecule has 1 aliphatic heterocycles. The number of hydrogen-bond acceptors (Lipinski definition) is 8. The van der Waals surface area contributed by atoms with Crippen LogP contribution in [0.5, 0.6) is 5.75 Å². The normalized spacial score (nSPS) is 15.3. The van der Waals surface area contributed by atoms with E-state index in [1.807, 2.05) is 26.0 Å². The van der Waals surface area contributed by atoms with Crippen molar-refractivity contribution in [2.45, 2.75) is 24.8 Å². The Kier molecular flexibility index (Phi) is 7.21. The molecule has 0 spiro atoms. The number of benzene rings is 2. The van der Waals surface area contributed by atoms with E-state index in [-0.39, 0.29) is 43.0 Å². The molecule has 0 saturated carbocycles.